The second-order valence-corrected chi connectivity index (χ2v) is 40.8. The quantitative estimate of drug-likeness (QED) is 0.0882. The van der Waals surface area contributed by atoms with Crippen LogP contribution in [-0.2, 0) is 68.9 Å². The molecule has 2 aromatic rings. The van der Waals surface area contributed by atoms with Gasteiger partial charge < -0.3 is 53.5 Å². The average Bonchev–Trinajstić information content (AvgIpc) is 0.676. The Morgan fingerprint density at radius 2 is 1.03 bits per heavy atom. The van der Waals surface area contributed by atoms with Gasteiger partial charge in [-0.2, -0.15) is 0 Å². The fraction of sp³-hybridized carbons (Fsp3) is 0.795. The molecular formula is C88H134N2O14S. The lowest BCUT2D eigenvalue weighted by Crippen LogP contribution is -2.70. The summed E-state index contributed by atoms with van der Waals surface area (Å²) in [4.78, 5) is 28.4. The molecule has 0 unspecified atom stereocenters. The first-order valence-corrected chi connectivity index (χ1v) is 42.3. The summed E-state index contributed by atoms with van der Waals surface area (Å²) in [7, 11) is -0.167. The molecule has 2 aromatic carbocycles. The zero-order valence-electron chi connectivity index (χ0n) is 67.3. The molecule has 4 heterocycles. The van der Waals surface area contributed by atoms with Crippen molar-refractivity contribution in [2.24, 2.45) is 119 Å². The summed E-state index contributed by atoms with van der Waals surface area (Å²) in [6, 6.07) is 17.1. The molecule has 0 radical (unpaired) electrons. The minimum atomic E-state index is -3.81. The van der Waals surface area contributed by atoms with Gasteiger partial charge in [0.1, 0.15) is 6.61 Å². The van der Waals surface area contributed by atoms with Crippen molar-refractivity contribution in [3.8, 4) is 0 Å². The van der Waals surface area contributed by atoms with Gasteiger partial charge in [0.05, 0.1) is 86.3 Å². The van der Waals surface area contributed by atoms with Crippen LogP contribution in [0.4, 0.5) is 0 Å². The molecule has 4 aliphatic heterocycles. The second-order valence-electron chi connectivity index (χ2n) is 39.2. The van der Waals surface area contributed by atoms with Crippen LogP contribution in [-0.4, -0.2) is 141 Å². The highest BCUT2D eigenvalue weighted by Crippen LogP contribution is 2.78. The average molecular weight is 1480 g/mol. The number of hydrogen-bond donors (Lipinski definition) is 3. The zero-order valence-corrected chi connectivity index (χ0v) is 68.1. The Balaban J connectivity index is 0.000000196. The van der Waals surface area contributed by atoms with Gasteiger partial charge in [0.15, 0.2) is 0 Å². The third kappa shape index (κ3) is 12.8. The van der Waals surface area contributed by atoms with Crippen LogP contribution in [0.25, 0.3) is 0 Å². The number of hydrogen-bond acceptors (Lipinski definition) is 14. The monoisotopic (exact) mass is 1470 g/mol. The smallest absolute Gasteiger partial charge is 0.310 e. The largest absolute Gasteiger partial charge is 0.481 e. The number of methoxy groups -OCH3 is 2. The van der Waals surface area contributed by atoms with Gasteiger partial charge in [-0.3, -0.25) is 9.59 Å². The third-order valence-corrected chi connectivity index (χ3v) is 35.3. The molecule has 0 aromatic heterocycles. The highest BCUT2D eigenvalue weighted by atomic mass is 32.2. The van der Waals surface area contributed by atoms with E-state index in [1.807, 2.05) is 56.5 Å². The maximum atomic E-state index is 14.9. The second kappa shape index (κ2) is 28.9. The van der Waals surface area contributed by atoms with E-state index in [1.54, 1.807) is 24.8 Å². The Morgan fingerprint density at radius 1 is 0.571 bits per heavy atom. The maximum Gasteiger partial charge on any atom is 0.310 e. The van der Waals surface area contributed by atoms with Crippen LogP contribution in [0.1, 0.15) is 211 Å². The predicted molar refractivity (Wildman–Crippen MR) is 408 cm³/mol. The van der Waals surface area contributed by atoms with E-state index in [-0.39, 0.29) is 120 Å². The number of carboxylic acid groups (broad SMARTS) is 1. The molecule has 586 valence electrons. The summed E-state index contributed by atoms with van der Waals surface area (Å²) >= 11 is 0. The Labute approximate surface area is 631 Å². The van der Waals surface area contributed by atoms with Gasteiger partial charge >= 0.3 is 11.9 Å². The van der Waals surface area contributed by atoms with Crippen molar-refractivity contribution in [3.05, 3.63) is 89.0 Å². The van der Waals surface area contributed by atoms with E-state index in [2.05, 4.69) is 114 Å². The van der Waals surface area contributed by atoms with Gasteiger partial charge in [-0.15, -0.1) is 0 Å². The van der Waals surface area contributed by atoms with E-state index in [0.717, 1.165) is 108 Å². The van der Waals surface area contributed by atoms with E-state index < -0.39 is 21.5 Å². The fourth-order valence-corrected chi connectivity index (χ4v) is 27.9. The van der Waals surface area contributed by atoms with Crippen LogP contribution < -0.4 is 10.5 Å². The first kappa shape index (κ1) is 79.5. The fourth-order valence-electron chi connectivity index (χ4n) is 26.5. The van der Waals surface area contributed by atoms with E-state index >= 15 is 0 Å². The molecule has 16 nitrogen and oxygen atoms in total. The molecule has 4 saturated heterocycles. The number of allylic oxidation sites excluding steroid dienone is 2. The first-order valence-electron chi connectivity index (χ1n) is 40.8. The van der Waals surface area contributed by atoms with E-state index in [9.17, 15) is 23.1 Å². The molecule has 105 heavy (non-hydrogen) atoms. The highest BCUT2D eigenvalue weighted by Gasteiger charge is 2.75. The lowest BCUT2D eigenvalue weighted by atomic mass is 9.34. The number of carboxylic acids is 1. The molecule has 12 aliphatic rings. The number of ether oxygens (including phenoxy) is 9. The van der Waals surface area contributed by atoms with Crippen LogP contribution in [0.5, 0.6) is 0 Å². The molecule has 14 rings (SSSR count). The van der Waals surface area contributed by atoms with Crippen molar-refractivity contribution in [2.45, 2.75) is 254 Å². The number of esters is 1. The lowest BCUT2D eigenvalue weighted by molar-refractivity contribution is -0.270. The van der Waals surface area contributed by atoms with Crippen LogP contribution in [0.3, 0.4) is 0 Å². The zero-order chi connectivity index (χ0) is 75.6. The van der Waals surface area contributed by atoms with Crippen molar-refractivity contribution in [1.82, 2.24) is 4.72 Å². The van der Waals surface area contributed by atoms with E-state index in [1.165, 1.54) is 5.57 Å². The summed E-state index contributed by atoms with van der Waals surface area (Å²) in [5.74, 6) is 1.66. The molecule has 4 bridgehead atoms. The number of carbonyl (C=O) groups excluding carboxylic acids is 1. The van der Waals surface area contributed by atoms with Crippen LogP contribution >= 0.6 is 0 Å². The molecular weight excluding hydrogens is 1340 g/mol. The summed E-state index contributed by atoms with van der Waals surface area (Å²) in [5.41, 5.74) is 8.54. The number of nitrogens with one attached hydrogen (secondary N) is 1. The number of benzene rings is 2. The van der Waals surface area contributed by atoms with Gasteiger partial charge in [-0.25, -0.2) is 13.1 Å². The van der Waals surface area contributed by atoms with Crippen LogP contribution in [0.2, 0.25) is 0 Å². The SMILES string of the molecule is CO[C@@H]1C[C@@]23COC[C@](C)([C@@H]2CC[C@H]2C3=CC[C@@]3(C)[C@H](C(=O)O)[C@@](C)([C@H](C)C(C)C)CC[C@]23C)[C@H]1OCC1(N)CCOCC1.CO[C@@H]1C[C@@]23COC[C@](C)([C@@H]2CC[C@H]2C3=CC[C@@]3(C)[C@H](C(=O)OCc4ccccc4)[C@@](C)([C@H](C)C(C)C)CC[C@]23C)[C@H]1OCC1(NS(=O)(=O)c2ccc(C)cc2)CCOCC1. The van der Waals surface area contributed by atoms with Gasteiger partial charge in [-0.1, -0.05) is 168 Å². The van der Waals surface area contributed by atoms with E-state index in [4.69, 9.17) is 48.4 Å². The van der Waals surface area contributed by atoms with E-state index in [0.29, 0.717) is 113 Å². The number of carbonyl (C=O) groups is 2. The lowest BCUT2D eigenvalue weighted by Gasteiger charge is -2.71. The van der Waals surface area contributed by atoms with Gasteiger partial charge in [-0.05, 0) is 207 Å². The number of aliphatic carboxylic acids is 1. The Bertz CT molecular complexity index is 3650. The van der Waals surface area contributed by atoms with Crippen molar-refractivity contribution in [1.29, 1.82) is 0 Å². The number of rotatable bonds is 19. The minimum Gasteiger partial charge on any atom is -0.481 e. The molecule has 6 saturated carbocycles. The summed E-state index contributed by atoms with van der Waals surface area (Å²) < 4.78 is 88.7. The minimum absolute atomic E-state index is 0.0438. The maximum absolute atomic E-state index is 14.9. The molecule has 17 heteroatoms. The van der Waals surface area contributed by atoms with Gasteiger partial charge in [0.25, 0.3) is 0 Å². The summed E-state index contributed by atoms with van der Waals surface area (Å²) in [6.07, 6.45) is 18.8. The van der Waals surface area contributed by atoms with Crippen LogP contribution in [0, 0.1) is 120 Å². The van der Waals surface area contributed by atoms with Gasteiger partial charge in [0, 0.05) is 67.8 Å². The number of nitrogens with two attached hydrogens (primary N) is 1. The van der Waals surface area contributed by atoms with Crippen molar-refractivity contribution >= 4 is 22.0 Å². The molecule has 0 spiro atoms. The summed E-state index contributed by atoms with van der Waals surface area (Å²) in [5, 5.41) is 11.0. The Hall–Kier alpha value is -3.59. The molecule has 10 fully saturated rings. The Kier molecular flexibility index (Phi) is 21.9. The first-order chi connectivity index (χ1) is 49.5. The predicted octanol–water partition coefficient (Wildman–Crippen LogP) is 16.0. The number of sulfonamides is 1. The highest BCUT2D eigenvalue weighted by molar-refractivity contribution is 7.89. The molecule has 0 amide bonds. The normalized spacial score (nSPS) is 42.9. The topological polar surface area (TPSA) is 210 Å². The summed E-state index contributed by atoms with van der Waals surface area (Å²) in [6.45, 7) is 40.7. The van der Waals surface area contributed by atoms with Crippen LogP contribution in [0.15, 0.2) is 82.8 Å². The molecule has 4 N–H and O–H groups in total. The third-order valence-electron chi connectivity index (χ3n) is 33.7. The number of fused-ring (bicyclic) bond motifs is 6. The van der Waals surface area contributed by atoms with Crippen molar-refractivity contribution in [3.63, 3.8) is 0 Å². The van der Waals surface area contributed by atoms with Crippen molar-refractivity contribution < 1.29 is 65.7 Å². The Morgan fingerprint density at radius 3 is 1.50 bits per heavy atom. The molecule has 22 atom stereocenters. The van der Waals surface area contributed by atoms with Crippen molar-refractivity contribution in [2.75, 3.05) is 80.3 Å². The van der Waals surface area contributed by atoms with Gasteiger partial charge in [0.2, 0.25) is 10.0 Å². The standard InChI is InChI=1S/C51H73NO8S.C37H61NO6/c1-34(2)36(4)46(5)23-24-48(7)39-19-20-42-47(6)31-58-33-51(42,40(39)21-22-49(48,8)43(46)45(53)59-30-37-13-11-10-12-14-37)29-41(56-9)44(47)60-32-50(25-27-57-28-26-50)52-61(54,55)38-17-15-35(3)16-18-38;1-23(2)24(3)32(4)13-14-34(6)25-9-10-28-33(5)20-43-22-37(28,26(25)11-12-35(34,7)29(32)31(39)40)19-27(41-8)30(33)44-21-36(38)15-17-42-18-16-36/h10-18,21,34,36,39,41-44,52H,19-20,22-33H2,1-9H3;11,23-25,27-30H,9-10,12-22,38H2,1-8H3,(H,39,40)/t36-,39+,41-,42+,43-,44+,46-,47-,48-,49+,51+;24-,25+,27-,28+,29-,30+,32-,33-,34-,35+,37+/m11/s1. The molecule has 8 aliphatic carbocycles. The number of aryl methyl sites for hydroxylation is 1.